The first-order valence-corrected chi connectivity index (χ1v) is 5.07. The molecule has 0 radical (unpaired) electrons. The Kier molecular flexibility index (Phi) is 2.23. The first-order valence-electron chi connectivity index (χ1n) is 5.07. The highest BCUT2D eigenvalue weighted by molar-refractivity contribution is 5.38. The van der Waals surface area contributed by atoms with E-state index in [0.717, 1.165) is 18.8 Å². The first kappa shape index (κ1) is 9.53. The minimum Gasteiger partial charge on any atom is -0.485 e. The number of benzene rings is 1. The van der Waals surface area contributed by atoms with Gasteiger partial charge in [0, 0.05) is 13.1 Å². The Balaban J connectivity index is 2.20. The minimum absolute atomic E-state index is 0.00144. The van der Waals surface area contributed by atoms with Crippen molar-refractivity contribution >= 4 is 0 Å². The lowest BCUT2D eigenvalue weighted by molar-refractivity contribution is 0.0342. The molecule has 1 fully saturated rings. The zero-order chi connectivity index (χ0) is 10.2. The Bertz CT molecular complexity index is 342. The van der Waals surface area contributed by atoms with Gasteiger partial charge < -0.3 is 10.1 Å². The van der Waals surface area contributed by atoms with Crippen molar-refractivity contribution in [1.82, 2.24) is 5.32 Å². The Hall–Kier alpha value is -1.02. The quantitative estimate of drug-likeness (QED) is 0.772. The Labute approximate surface area is 85.3 Å². The summed E-state index contributed by atoms with van der Waals surface area (Å²) in [6.07, 6.45) is 0. The van der Waals surface area contributed by atoms with Gasteiger partial charge in [-0.1, -0.05) is 12.1 Å². The maximum atomic E-state index is 5.99. The van der Waals surface area contributed by atoms with E-state index in [1.54, 1.807) is 0 Å². The molecule has 0 bridgehead atoms. The SMILES string of the molecule is Cc1cccc(OC2(C)CNC2)c1C. The van der Waals surface area contributed by atoms with Crippen molar-refractivity contribution in [2.45, 2.75) is 26.4 Å². The third-order valence-electron chi connectivity index (χ3n) is 2.91. The van der Waals surface area contributed by atoms with Crippen LogP contribution in [0.2, 0.25) is 0 Å². The van der Waals surface area contributed by atoms with Gasteiger partial charge in [-0.3, -0.25) is 0 Å². The lowest BCUT2D eigenvalue weighted by Gasteiger charge is -2.39. The molecule has 1 N–H and O–H groups in total. The monoisotopic (exact) mass is 191 g/mol. The number of ether oxygens (including phenoxy) is 1. The Morgan fingerprint density at radius 3 is 2.57 bits per heavy atom. The van der Waals surface area contributed by atoms with Gasteiger partial charge in [0.25, 0.3) is 0 Å². The number of hydrogen-bond donors (Lipinski definition) is 1. The molecule has 1 heterocycles. The van der Waals surface area contributed by atoms with Crippen molar-refractivity contribution in [1.29, 1.82) is 0 Å². The minimum atomic E-state index is -0.00144. The van der Waals surface area contributed by atoms with E-state index in [-0.39, 0.29) is 5.60 Å². The summed E-state index contributed by atoms with van der Waals surface area (Å²) in [5.74, 6) is 1.02. The Morgan fingerprint density at radius 1 is 1.29 bits per heavy atom. The lowest BCUT2D eigenvalue weighted by atomic mass is 9.99. The highest BCUT2D eigenvalue weighted by atomic mass is 16.5. The van der Waals surface area contributed by atoms with Crippen LogP contribution in [0.15, 0.2) is 18.2 Å². The molecule has 0 atom stereocenters. The average Bonchev–Trinajstić information content (AvgIpc) is 2.10. The third kappa shape index (κ3) is 1.62. The second-order valence-corrected chi connectivity index (χ2v) is 4.35. The van der Waals surface area contributed by atoms with Crippen LogP contribution in [0.3, 0.4) is 0 Å². The average molecular weight is 191 g/mol. The Morgan fingerprint density at radius 2 is 2.00 bits per heavy atom. The zero-order valence-corrected chi connectivity index (χ0v) is 9.05. The normalized spacial score (nSPS) is 18.8. The van der Waals surface area contributed by atoms with E-state index in [1.807, 2.05) is 12.1 Å². The van der Waals surface area contributed by atoms with Gasteiger partial charge in [-0.15, -0.1) is 0 Å². The summed E-state index contributed by atoms with van der Waals surface area (Å²) in [5, 5.41) is 3.23. The fourth-order valence-corrected chi connectivity index (χ4v) is 1.65. The van der Waals surface area contributed by atoms with Gasteiger partial charge in [0.05, 0.1) is 0 Å². The smallest absolute Gasteiger partial charge is 0.131 e. The number of nitrogens with one attached hydrogen (secondary N) is 1. The van der Waals surface area contributed by atoms with Crippen molar-refractivity contribution in [3.63, 3.8) is 0 Å². The number of aryl methyl sites for hydroxylation is 1. The molecule has 0 spiro atoms. The molecule has 1 aromatic carbocycles. The molecular formula is C12H17NO. The topological polar surface area (TPSA) is 21.3 Å². The zero-order valence-electron chi connectivity index (χ0n) is 9.05. The summed E-state index contributed by atoms with van der Waals surface area (Å²) in [4.78, 5) is 0. The number of hydrogen-bond acceptors (Lipinski definition) is 2. The van der Waals surface area contributed by atoms with Crippen LogP contribution in [-0.2, 0) is 0 Å². The summed E-state index contributed by atoms with van der Waals surface area (Å²) in [5.41, 5.74) is 2.54. The van der Waals surface area contributed by atoms with Crippen LogP contribution in [0.1, 0.15) is 18.1 Å². The number of rotatable bonds is 2. The fourth-order valence-electron chi connectivity index (χ4n) is 1.65. The molecule has 1 saturated heterocycles. The molecule has 1 aliphatic rings. The predicted molar refractivity (Wildman–Crippen MR) is 57.8 cm³/mol. The molecule has 1 aromatic rings. The molecule has 0 saturated carbocycles. The third-order valence-corrected chi connectivity index (χ3v) is 2.91. The van der Waals surface area contributed by atoms with Crippen molar-refractivity contribution in [3.05, 3.63) is 29.3 Å². The van der Waals surface area contributed by atoms with Crippen LogP contribution in [0.5, 0.6) is 5.75 Å². The van der Waals surface area contributed by atoms with Gasteiger partial charge in [0.1, 0.15) is 11.4 Å². The highest BCUT2D eigenvalue weighted by Gasteiger charge is 2.34. The molecule has 2 rings (SSSR count). The largest absolute Gasteiger partial charge is 0.485 e. The summed E-state index contributed by atoms with van der Waals surface area (Å²) < 4.78 is 5.99. The summed E-state index contributed by atoms with van der Waals surface area (Å²) >= 11 is 0. The van der Waals surface area contributed by atoms with E-state index in [1.165, 1.54) is 11.1 Å². The molecular weight excluding hydrogens is 174 g/mol. The van der Waals surface area contributed by atoms with Gasteiger partial charge >= 0.3 is 0 Å². The lowest BCUT2D eigenvalue weighted by Crippen LogP contribution is -2.61. The van der Waals surface area contributed by atoms with Crippen LogP contribution in [-0.4, -0.2) is 18.7 Å². The van der Waals surface area contributed by atoms with E-state index >= 15 is 0 Å². The summed E-state index contributed by atoms with van der Waals surface area (Å²) in [6.45, 7) is 8.26. The fraction of sp³-hybridized carbons (Fsp3) is 0.500. The molecule has 2 heteroatoms. The van der Waals surface area contributed by atoms with Crippen molar-refractivity contribution in [2.24, 2.45) is 0 Å². The summed E-state index contributed by atoms with van der Waals surface area (Å²) in [6, 6.07) is 6.21. The molecule has 0 aliphatic carbocycles. The molecule has 0 amide bonds. The predicted octanol–water partition coefficient (Wildman–Crippen LogP) is 2.04. The first-order chi connectivity index (χ1) is 6.61. The van der Waals surface area contributed by atoms with Gasteiger partial charge in [-0.2, -0.15) is 0 Å². The van der Waals surface area contributed by atoms with Gasteiger partial charge in [0.2, 0.25) is 0 Å². The van der Waals surface area contributed by atoms with Crippen LogP contribution >= 0.6 is 0 Å². The van der Waals surface area contributed by atoms with Crippen LogP contribution in [0, 0.1) is 13.8 Å². The van der Waals surface area contributed by atoms with Crippen LogP contribution in [0.4, 0.5) is 0 Å². The molecule has 2 nitrogen and oxygen atoms in total. The summed E-state index contributed by atoms with van der Waals surface area (Å²) in [7, 11) is 0. The van der Waals surface area contributed by atoms with E-state index in [0.29, 0.717) is 0 Å². The van der Waals surface area contributed by atoms with Crippen molar-refractivity contribution < 1.29 is 4.74 Å². The van der Waals surface area contributed by atoms with Gasteiger partial charge in [-0.05, 0) is 38.0 Å². The highest BCUT2D eigenvalue weighted by Crippen LogP contribution is 2.26. The van der Waals surface area contributed by atoms with Crippen molar-refractivity contribution in [3.8, 4) is 5.75 Å². The maximum absolute atomic E-state index is 5.99. The van der Waals surface area contributed by atoms with E-state index < -0.39 is 0 Å². The van der Waals surface area contributed by atoms with Crippen LogP contribution < -0.4 is 10.1 Å². The van der Waals surface area contributed by atoms with Crippen molar-refractivity contribution in [2.75, 3.05) is 13.1 Å². The second kappa shape index (κ2) is 3.28. The van der Waals surface area contributed by atoms with E-state index in [2.05, 4.69) is 32.2 Å². The molecule has 14 heavy (non-hydrogen) atoms. The van der Waals surface area contributed by atoms with E-state index in [4.69, 9.17) is 4.74 Å². The van der Waals surface area contributed by atoms with Crippen LogP contribution in [0.25, 0.3) is 0 Å². The van der Waals surface area contributed by atoms with Gasteiger partial charge in [0.15, 0.2) is 0 Å². The molecule has 0 aromatic heterocycles. The second-order valence-electron chi connectivity index (χ2n) is 4.35. The maximum Gasteiger partial charge on any atom is 0.131 e. The standard InChI is InChI=1S/C12H17NO/c1-9-5-4-6-11(10(9)2)14-12(3)7-13-8-12/h4-6,13H,7-8H2,1-3H3. The molecule has 0 unspecified atom stereocenters. The van der Waals surface area contributed by atoms with E-state index in [9.17, 15) is 0 Å². The van der Waals surface area contributed by atoms with Gasteiger partial charge in [-0.25, -0.2) is 0 Å². The molecule has 76 valence electrons. The molecule has 1 aliphatic heterocycles.